The molecule has 13 aromatic carbocycles. The van der Waals surface area contributed by atoms with Gasteiger partial charge in [-0.05, 0) is 155 Å². The molecule has 0 aliphatic carbocycles. The van der Waals surface area contributed by atoms with E-state index in [1.54, 1.807) is 12.1 Å². The van der Waals surface area contributed by atoms with Crippen LogP contribution in [0.5, 0.6) is 0 Å². The fourth-order valence-corrected chi connectivity index (χ4v) is 15.4. The Morgan fingerprint density at radius 3 is 1.21 bits per heavy atom. The van der Waals surface area contributed by atoms with Crippen LogP contribution in [0.4, 0.5) is 0 Å². The Bertz CT molecular complexity index is 7720. The van der Waals surface area contributed by atoms with Crippen LogP contribution in [0.25, 0.3) is 190 Å². The van der Waals surface area contributed by atoms with Crippen molar-refractivity contribution >= 4 is 105 Å². The molecule has 0 saturated carbocycles. The Morgan fingerprint density at radius 1 is 0.289 bits per heavy atom. The van der Waals surface area contributed by atoms with Crippen LogP contribution >= 0.6 is 0 Å². The van der Waals surface area contributed by atoms with E-state index in [-0.39, 0.29) is 68.8 Å². The molecular formula is C98H60N12OPt3. The number of hydrogen-bond donors (Lipinski definition) is 0. The second kappa shape index (κ2) is 30.2. The van der Waals surface area contributed by atoms with Gasteiger partial charge >= 0.3 is 63.2 Å². The van der Waals surface area contributed by atoms with E-state index in [9.17, 15) is 0 Å². The average Bonchev–Trinajstić information content (AvgIpc) is 1.57. The third-order valence-corrected chi connectivity index (χ3v) is 20.4. The van der Waals surface area contributed by atoms with Crippen molar-refractivity contribution in [3.63, 3.8) is 0 Å². The third-order valence-electron chi connectivity index (χ3n) is 20.4. The van der Waals surface area contributed by atoms with Gasteiger partial charge in [0.1, 0.15) is 5.58 Å². The van der Waals surface area contributed by atoms with E-state index in [0.29, 0.717) is 11.3 Å². The molecule has 0 radical (unpaired) electrons. The van der Waals surface area contributed by atoms with Gasteiger partial charge in [0.2, 0.25) is 17.3 Å². The summed E-state index contributed by atoms with van der Waals surface area (Å²) in [6, 6.07) is 130. The number of hydrogen-bond acceptors (Lipinski definition) is 7. The molecule has 16 heteroatoms. The minimum Gasteiger partial charge on any atom is -0.501 e. The van der Waals surface area contributed by atoms with Crippen molar-refractivity contribution in [2.75, 3.05) is 0 Å². The van der Waals surface area contributed by atoms with Crippen molar-refractivity contribution < 1.29 is 71.7 Å². The van der Waals surface area contributed by atoms with E-state index in [0.717, 1.165) is 179 Å². The zero-order valence-corrected chi connectivity index (χ0v) is 67.2. The Balaban J connectivity index is 0.000000120. The van der Waals surface area contributed by atoms with Gasteiger partial charge in [-0.3, -0.25) is 26.9 Å². The van der Waals surface area contributed by atoms with Crippen molar-refractivity contribution in [2.45, 2.75) is 13.8 Å². The van der Waals surface area contributed by atoms with Gasteiger partial charge in [0.25, 0.3) is 0 Å². The summed E-state index contributed by atoms with van der Waals surface area (Å²) in [5.74, 6) is 2.40. The number of para-hydroxylation sites is 9. The van der Waals surface area contributed by atoms with Gasteiger partial charge < -0.3 is 19.4 Å². The molecule has 13 nitrogen and oxygen atoms in total. The fraction of sp³-hybridized carbons (Fsp3) is 0.0204. The van der Waals surface area contributed by atoms with Crippen LogP contribution in [-0.4, -0.2) is 56.8 Å². The number of nitrogens with zero attached hydrogens (tertiary/aromatic N) is 12. The summed E-state index contributed by atoms with van der Waals surface area (Å²) in [6.07, 6.45) is 0. The first-order chi connectivity index (χ1) is 56.1. The number of rotatable bonds is 9. The normalized spacial score (nSPS) is 11.9. The molecule has 0 aliphatic heterocycles. The molecule has 0 spiro atoms. The molecule has 0 saturated heterocycles. The first-order valence-corrected chi connectivity index (χ1v) is 36.5. The SMILES string of the molecule is Cc1ccc2c(c1)n1c3ccccc3nc1n2-c1[c-]c(-c2cccc(-c3[c-]cccc3)n2)ccc1.[2H]C([2H])([2H])c1ccc2c(c1)nc1n(-c3[c-]c(-c4cccc(-c5[c-]cccc5)n4)ccc3)c3ccccc3n21.[Pt+2].[Pt+2].[Pt+2].[c-]1ccccc1-c1cccc(-c2[c-]c(-n3c4ccccc4n4c5ccccc5nc34)cc3c2oc2ccccc23)n1. The molecule has 114 heavy (non-hydrogen) atoms. The van der Waals surface area contributed by atoms with Crippen LogP contribution in [0.1, 0.15) is 15.2 Å². The summed E-state index contributed by atoms with van der Waals surface area (Å²) in [6.45, 7) is -0.0711. The van der Waals surface area contributed by atoms with Crippen LogP contribution < -0.4 is 0 Å². The molecule has 0 N–H and O–H groups in total. The molecule has 10 aromatic heterocycles. The Morgan fingerprint density at radius 2 is 0.684 bits per heavy atom. The van der Waals surface area contributed by atoms with Crippen LogP contribution in [0.15, 0.2) is 332 Å². The number of benzene rings is 13. The van der Waals surface area contributed by atoms with Crippen molar-refractivity contribution in [1.82, 2.24) is 56.8 Å². The summed E-state index contributed by atoms with van der Waals surface area (Å²) in [5, 5.41) is 2.06. The van der Waals surface area contributed by atoms with Crippen molar-refractivity contribution in [3.8, 4) is 84.6 Å². The third kappa shape index (κ3) is 12.7. The number of pyridine rings is 3. The Hall–Kier alpha value is -13.0. The van der Waals surface area contributed by atoms with E-state index in [1.165, 1.54) is 5.56 Å². The molecule has 0 bridgehead atoms. The summed E-state index contributed by atoms with van der Waals surface area (Å²) < 4.78 is 42.9. The maximum Gasteiger partial charge on any atom is 2.00 e. The number of aryl methyl sites for hydroxylation is 2. The quantitative estimate of drug-likeness (QED) is 0.132. The van der Waals surface area contributed by atoms with E-state index in [2.05, 4.69) is 185 Å². The summed E-state index contributed by atoms with van der Waals surface area (Å²) in [4.78, 5) is 29.8. The maximum absolute atomic E-state index is 7.81. The number of aromatic nitrogens is 12. The zero-order chi connectivity index (χ0) is 76.1. The molecule has 0 amide bonds. The number of furan rings is 1. The summed E-state index contributed by atoms with van der Waals surface area (Å²) in [5.41, 5.74) is 28.1. The van der Waals surface area contributed by atoms with E-state index in [1.807, 2.05) is 200 Å². The smallest absolute Gasteiger partial charge is 0.501 e. The molecular weight excluding hydrogens is 1950 g/mol. The predicted octanol–water partition coefficient (Wildman–Crippen LogP) is 22.8. The molecule has 548 valence electrons. The second-order valence-corrected chi connectivity index (χ2v) is 27.2. The molecule has 0 unspecified atom stereocenters. The van der Waals surface area contributed by atoms with Crippen molar-refractivity contribution in [2.24, 2.45) is 0 Å². The van der Waals surface area contributed by atoms with Crippen molar-refractivity contribution in [3.05, 3.63) is 375 Å². The van der Waals surface area contributed by atoms with Crippen LogP contribution in [-0.2, 0) is 63.2 Å². The molecule has 23 rings (SSSR count). The van der Waals surface area contributed by atoms with Gasteiger partial charge in [0.15, 0.2) is 0 Å². The Labute approximate surface area is 701 Å². The summed E-state index contributed by atoms with van der Waals surface area (Å²) in [7, 11) is 0. The summed E-state index contributed by atoms with van der Waals surface area (Å²) >= 11 is 0. The maximum atomic E-state index is 7.81. The van der Waals surface area contributed by atoms with E-state index >= 15 is 0 Å². The van der Waals surface area contributed by atoms with Gasteiger partial charge in [-0.15, -0.1) is 179 Å². The fourth-order valence-electron chi connectivity index (χ4n) is 15.4. The van der Waals surface area contributed by atoms with Gasteiger partial charge in [-0.2, -0.15) is 0 Å². The molecule has 0 atom stereocenters. The monoisotopic (exact) mass is 2010 g/mol. The molecule has 10 heterocycles. The van der Waals surface area contributed by atoms with E-state index in [4.69, 9.17) is 38.4 Å². The van der Waals surface area contributed by atoms with Gasteiger partial charge in [-0.1, -0.05) is 144 Å². The van der Waals surface area contributed by atoms with Crippen molar-refractivity contribution in [1.29, 1.82) is 0 Å². The van der Waals surface area contributed by atoms with Crippen LogP contribution in [0.3, 0.4) is 0 Å². The minimum absolute atomic E-state index is 0. The zero-order valence-electron chi connectivity index (χ0n) is 63.4. The number of fused-ring (bicyclic) bond motifs is 18. The second-order valence-electron chi connectivity index (χ2n) is 27.2. The minimum atomic E-state index is -2.19. The molecule has 23 aromatic rings. The van der Waals surface area contributed by atoms with Gasteiger partial charge in [0.05, 0.1) is 71.8 Å². The number of imidazole rings is 6. The van der Waals surface area contributed by atoms with E-state index < -0.39 is 6.85 Å². The first kappa shape index (κ1) is 69.0. The largest absolute Gasteiger partial charge is 2.00 e. The van der Waals surface area contributed by atoms with Gasteiger partial charge in [-0.25, -0.2) is 15.0 Å². The standard InChI is InChI=1S/C36H20N4O.2C31H20N4.3Pt/c1-2-11-23(12-3-1)28-15-10-16-29(37-28)27-22-24(21-26-25-13-4-9-20-34(25)41-35(26)27)39-32-18-7-8-19-33(32)40-31-17-6-5-14-30(31)38-36(39)40;1-21-17-18-28-27(19-21)33-31-34(29-15-5-6-16-30(29)35(28)31)24-12-7-11-23(20-24)26-14-8-13-25(32-26)22-9-3-2-4-10-22;1-21-17-18-29-30(19-21)35-28-16-6-5-13-27(28)33-31(35)34(29)24-12-7-11-23(20-24)26-15-8-14-25(32-26)22-9-3-2-4-10-22;;;/h1-11,13-21H;2*2-9,11-19H,1H3;;;/q3*-2;3*+2/i;1D3;;;;. The average molecular weight is 2010 g/mol. The van der Waals surface area contributed by atoms with Crippen LogP contribution in [0.2, 0.25) is 0 Å². The van der Waals surface area contributed by atoms with Gasteiger partial charge in [0, 0.05) is 9.50 Å². The predicted molar refractivity (Wildman–Crippen MR) is 444 cm³/mol. The van der Waals surface area contributed by atoms with Crippen LogP contribution in [0, 0.1) is 50.2 Å². The topological polar surface area (TPSA) is 119 Å². The molecule has 0 aliphatic rings. The molecule has 0 fully saturated rings. The Kier molecular flexibility index (Phi) is 18.3. The first-order valence-electron chi connectivity index (χ1n) is 38.0.